The fourth-order valence-corrected chi connectivity index (χ4v) is 8.68. The molecule has 3 saturated carbocycles. The number of ketones is 2. The molecule has 5 fully saturated rings. The second kappa shape index (κ2) is 12.8. The zero-order valence-electron chi connectivity index (χ0n) is 27.8. The Morgan fingerprint density at radius 1 is 1.19 bits per heavy atom. The molecule has 260 valence electrons. The molecule has 2 aliphatic heterocycles. The number of nitrogens with one attached hydrogen (secondary N) is 2. The molecule has 0 radical (unpaired) electrons. The lowest BCUT2D eigenvalue weighted by atomic mass is 9.44. The molecular formula is C34H49N3O10. The van der Waals surface area contributed by atoms with Crippen LogP contribution in [0.1, 0.15) is 66.2 Å². The maximum Gasteiger partial charge on any atom is 0.514 e. The Bertz CT molecular complexity index is 1340. The van der Waals surface area contributed by atoms with Crippen LogP contribution in [0.2, 0.25) is 0 Å². The Balaban J connectivity index is 1.03. The molecule has 4 aliphatic carbocycles. The van der Waals surface area contributed by atoms with E-state index in [0.29, 0.717) is 24.5 Å². The van der Waals surface area contributed by atoms with Gasteiger partial charge >= 0.3 is 12.2 Å². The van der Waals surface area contributed by atoms with Crippen molar-refractivity contribution in [1.82, 2.24) is 15.5 Å². The van der Waals surface area contributed by atoms with Gasteiger partial charge in [0.1, 0.15) is 24.6 Å². The quantitative estimate of drug-likeness (QED) is 0.168. The topological polar surface area (TPSA) is 173 Å². The fourth-order valence-electron chi connectivity index (χ4n) is 8.68. The van der Waals surface area contributed by atoms with Crippen molar-refractivity contribution >= 4 is 23.8 Å². The summed E-state index contributed by atoms with van der Waals surface area (Å²) in [5.41, 5.74) is -3.40. The van der Waals surface area contributed by atoms with Crippen LogP contribution < -0.4 is 10.6 Å². The summed E-state index contributed by atoms with van der Waals surface area (Å²) in [6.07, 6.45) is 5.67. The summed E-state index contributed by atoms with van der Waals surface area (Å²) >= 11 is 0. The summed E-state index contributed by atoms with van der Waals surface area (Å²) in [7, 11) is 0. The minimum absolute atomic E-state index is 0.0153. The Morgan fingerprint density at radius 2 is 1.96 bits per heavy atom. The minimum Gasteiger partial charge on any atom is -0.482 e. The molecule has 6 aliphatic rings. The number of rotatable bonds is 13. The standard InChI is InChI=1S/C34H49N3O10/c1-19(2)36-16-22(28(39)32(3,4)42)18-45-30(40)35-12-14-44-31(41)46-24-8-7-21-15-25-34(43)10-9-23(38)29-33(34,26(21)27(24)47-29)11-13-37(25)17-20-5-6-20/h7-8,19-22,25-26,29,36,42-43H,5-6,9-18H2,1-4H3,(H,35,40)/t21?,22?,25-,26?,29+,33+,34?/m1/s1. The molecule has 2 heterocycles. The minimum atomic E-state index is -1.58. The Labute approximate surface area is 275 Å². The Hall–Kier alpha value is -3.00. The third kappa shape index (κ3) is 6.31. The molecule has 6 rings (SSSR count). The first-order valence-electron chi connectivity index (χ1n) is 17.1. The van der Waals surface area contributed by atoms with Crippen LogP contribution in [-0.4, -0.2) is 108 Å². The van der Waals surface area contributed by atoms with Gasteiger partial charge < -0.3 is 39.8 Å². The van der Waals surface area contributed by atoms with E-state index in [1.807, 2.05) is 19.9 Å². The third-order valence-electron chi connectivity index (χ3n) is 11.0. The van der Waals surface area contributed by atoms with E-state index in [4.69, 9.17) is 18.9 Å². The summed E-state index contributed by atoms with van der Waals surface area (Å²) in [5, 5.41) is 28.1. The third-order valence-corrected chi connectivity index (χ3v) is 11.0. The summed E-state index contributed by atoms with van der Waals surface area (Å²) in [6, 6.07) is 0.0529. The smallest absolute Gasteiger partial charge is 0.482 e. The summed E-state index contributed by atoms with van der Waals surface area (Å²) in [5.74, 6) is -0.128. The lowest BCUT2D eigenvalue weighted by Crippen LogP contribution is -2.76. The lowest BCUT2D eigenvalue weighted by molar-refractivity contribution is -0.244. The van der Waals surface area contributed by atoms with Crippen molar-refractivity contribution in [2.75, 3.05) is 39.4 Å². The highest BCUT2D eigenvalue weighted by molar-refractivity contribution is 5.89. The van der Waals surface area contributed by atoms with Gasteiger partial charge in [-0.25, -0.2) is 9.59 Å². The number of Topliss-reactive ketones (excluding diaryl/α,β-unsaturated/α-hetero) is 2. The van der Waals surface area contributed by atoms with Crippen LogP contribution in [0.3, 0.4) is 0 Å². The number of hydrogen-bond donors (Lipinski definition) is 4. The molecule has 47 heavy (non-hydrogen) atoms. The van der Waals surface area contributed by atoms with Gasteiger partial charge in [0, 0.05) is 37.5 Å². The van der Waals surface area contributed by atoms with Crippen LogP contribution >= 0.6 is 0 Å². The molecule has 1 amide bonds. The van der Waals surface area contributed by atoms with E-state index < -0.39 is 46.7 Å². The van der Waals surface area contributed by atoms with Crippen molar-refractivity contribution in [3.63, 3.8) is 0 Å². The normalized spacial score (nSPS) is 33.2. The molecule has 2 saturated heterocycles. The highest BCUT2D eigenvalue weighted by Crippen LogP contribution is 2.69. The predicted molar refractivity (Wildman–Crippen MR) is 167 cm³/mol. The van der Waals surface area contributed by atoms with Gasteiger partial charge in [-0.05, 0) is 70.4 Å². The van der Waals surface area contributed by atoms with Crippen molar-refractivity contribution in [2.24, 2.45) is 29.1 Å². The van der Waals surface area contributed by atoms with E-state index in [9.17, 15) is 29.4 Å². The van der Waals surface area contributed by atoms with Crippen LogP contribution in [0, 0.1) is 29.1 Å². The molecule has 0 aromatic rings. The molecule has 13 nitrogen and oxygen atoms in total. The van der Waals surface area contributed by atoms with Crippen LogP contribution in [0.4, 0.5) is 9.59 Å². The van der Waals surface area contributed by atoms with E-state index in [-0.39, 0.29) is 68.2 Å². The number of aliphatic hydroxyl groups is 2. The molecule has 4 N–H and O–H groups in total. The fraction of sp³-hybridized carbons (Fsp3) is 0.765. The van der Waals surface area contributed by atoms with E-state index in [0.717, 1.165) is 19.5 Å². The summed E-state index contributed by atoms with van der Waals surface area (Å²) in [6.45, 7) is 8.11. The van der Waals surface area contributed by atoms with Crippen molar-refractivity contribution in [1.29, 1.82) is 0 Å². The highest BCUT2D eigenvalue weighted by atomic mass is 16.7. The van der Waals surface area contributed by atoms with Gasteiger partial charge in [0.25, 0.3) is 0 Å². The Morgan fingerprint density at radius 3 is 2.66 bits per heavy atom. The number of alkyl carbamates (subject to hydrolysis) is 1. The van der Waals surface area contributed by atoms with Crippen LogP contribution in [-0.2, 0) is 28.5 Å². The van der Waals surface area contributed by atoms with Gasteiger partial charge in [0.05, 0.1) is 23.5 Å². The molecule has 0 aromatic heterocycles. The summed E-state index contributed by atoms with van der Waals surface area (Å²) in [4.78, 5) is 53.3. The molecule has 1 spiro atoms. The maximum atomic E-state index is 13.3. The number of nitrogens with zero attached hydrogens (tertiary/aromatic N) is 1. The lowest BCUT2D eigenvalue weighted by Gasteiger charge is -2.65. The first-order chi connectivity index (χ1) is 22.2. The number of carbonyl (C=O) groups is 4. The number of carbonyl (C=O) groups excluding carboxylic acids is 4. The second-order valence-corrected chi connectivity index (χ2v) is 15.0. The SMILES string of the molecule is CC(C)NCC(COC(=O)NCCOC(=O)OC1=C2O[C@H]3C(=O)CCC4(O)[C@H]5CC(C=C1)C2[C@@]34CCN5CC1CC1)C(=O)C(C)(C)O. The zero-order valence-corrected chi connectivity index (χ0v) is 27.8. The highest BCUT2D eigenvalue weighted by Gasteiger charge is 2.77. The van der Waals surface area contributed by atoms with Crippen molar-refractivity contribution < 1.29 is 48.3 Å². The van der Waals surface area contributed by atoms with Crippen LogP contribution in [0.25, 0.3) is 0 Å². The number of hydrogen-bond acceptors (Lipinski definition) is 12. The van der Waals surface area contributed by atoms with Gasteiger partial charge in [-0.1, -0.05) is 19.9 Å². The van der Waals surface area contributed by atoms with Crippen molar-refractivity contribution in [2.45, 2.75) is 95.6 Å². The van der Waals surface area contributed by atoms with E-state index >= 15 is 0 Å². The zero-order chi connectivity index (χ0) is 33.7. The van der Waals surface area contributed by atoms with Gasteiger partial charge in [-0.15, -0.1) is 0 Å². The van der Waals surface area contributed by atoms with Crippen LogP contribution in [0.15, 0.2) is 23.7 Å². The van der Waals surface area contributed by atoms with Gasteiger partial charge in [-0.2, -0.15) is 0 Å². The first kappa shape index (κ1) is 33.9. The molecule has 0 aromatic carbocycles. The van der Waals surface area contributed by atoms with Gasteiger partial charge in [0.15, 0.2) is 23.4 Å². The Kier molecular flexibility index (Phi) is 9.22. The first-order valence-corrected chi connectivity index (χ1v) is 17.1. The number of ether oxygens (including phenoxy) is 4. The van der Waals surface area contributed by atoms with Crippen molar-refractivity contribution in [3.8, 4) is 0 Å². The van der Waals surface area contributed by atoms with E-state index in [1.165, 1.54) is 26.7 Å². The number of likely N-dealkylation sites (tertiary alicyclic amines) is 1. The van der Waals surface area contributed by atoms with Crippen molar-refractivity contribution in [3.05, 3.63) is 23.7 Å². The monoisotopic (exact) mass is 659 g/mol. The molecule has 4 unspecified atom stereocenters. The molecule has 2 bridgehead atoms. The average molecular weight is 660 g/mol. The van der Waals surface area contributed by atoms with Gasteiger partial charge in [0.2, 0.25) is 0 Å². The molecular weight excluding hydrogens is 610 g/mol. The van der Waals surface area contributed by atoms with E-state index in [1.54, 1.807) is 6.08 Å². The van der Waals surface area contributed by atoms with E-state index in [2.05, 4.69) is 15.5 Å². The molecule has 7 atom stereocenters. The number of allylic oxidation sites excluding steroid dienone is 3. The van der Waals surface area contributed by atoms with Crippen LogP contribution in [0.5, 0.6) is 0 Å². The summed E-state index contributed by atoms with van der Waals surface area (Å²) < 4.78 is 22.4. The largest absolute Gasteiger partial charge is 0.514 e. The molecule has 13 heteroatoms. The second-order valence-electron chi connectivity index (χ2n) is 15.0. The maximum absolute atomic E-state index is 13.3. The predicted octanol–water partition coefficient (Wildman–Crippen LogP) is 2.20. The number of piperidine rings is 1. The number of amides is 1. The van der Waals surface area contributed by atoms with Gasteiger partial charge in [-0.3, -0.25) is 14.5 Å². The average Bonchev–Trinajstić information content (AvgIpc) is 3.75.